The lowest BCUT2D eigenvalue weighted by Gasteiger charge is -2.35. The molecule has 2 aliphatic carbocycles. The Kier molecular flexibility index (Phi) is 5.54. The van der Waals surface area contributed by atoms with Gasteiger partial charge in [0.2, 0.25) is 0 Å². The molecule has 2 rings (SSSR count). The molecule has 0 bridgehead atoms. The fourth-order valence-electron chi connectivity index (χ4n) is 4.58. The zero-order valence-electron chi connectivity index (χ0n) is 13.7. The second-order valence-electron chi connectivity index (χ2n) is 7.44. The summed E-state index contributed by atoms with van der Waals surface area (Å²) in [7, 11) is 0. The molecule has 0 amide bonds. The maximum Gasteiger partial charge on any atom is -0.0172 e. The molecule has 0 radical (unpaired) electrons. The summed E-state index contributed by atoms with van der Waals surface area (Å²) < 4.78 is 0. The molecular weight excluding hydrogens is 228 g/mol. The average Bonchev–Trinajstić information content (AvgIpc) is 2.61. The fraction of sp³-hybridized carbons (Fsp3) is 0.895. The molecule has 0 heterocycles. The van der Waals surface area contributed by atoms with Gasteiger partial charge in [-0.3, -0.25) is 0 Å². The first-order chi connectivity index (χ1) is 9.11. The van der Waals surface area contributed by atoms with E-state index in [0.717, 1.165) is 23.7 Å². The Morgan fingerprint density at radius 2 is 1.32 bits per heavy atom. The minimum absolute atomic E-state index is 0.823. The summed E-state index contributed by atoms with van der Waals surface area (Å²) in [5.74, 6) is 3.65. The summed E-state index contributed by atoms with van der Waals surface area (Å²) in [5, 5.41) is 0. The van der Waals surface area contributed by atoms with E-state index in [9.17, 15) is 0 Å². The Labute approximate surface area is 121 Å². The molecule has 1 saturated carbocycles. The molecule has 0 saturated heterocycles. The third-order valence-electron chi connectivity index (χ3n) is 6.26. The van der Waals surface area contributed by atoms with Crippen LogP contribution >= 0.6 is 0 Å². The lowest BCUT2D eigenvalue weighted by Crippen LogP contribution is -2.24. The Morgan fingerprint density at radius 1 is 0.684 bits per heavy atom. The van der Waals surface area contributed by atoms with Crippen LogP contribution in [-0.2, 0) is 0 Å². The number of hydrogen-bond donors (Lipinski definition) is 0. The smallest absolute Gasteiger partial charge is 0.0172 e. The predicted octanol–water partition coefficient (Wildman–Crippen LogP) is 6.37. The van der Waals surface area contributed by atoms with E-state index in [1.165, 1.54) is 57.8 Å². The van der Waals surface area contributed by atoms with Crippen LogP contribution in [0.4, 0.5) is 0 Å². The first kappa shape index (κ1) is 15.1. The Balaban J connectivity index is 2.21. The lowest BCUT2D eigenvalue weighted by atomic mass is 9.70. The van der Waals surface area contributed by atoms with Gasteiger partial charge in [-0.25, -0.2) is 0 Å². The molecule has 110 valence electrons. The van der Waals surface area contributed by atoms with Gasteiger partial charge in [-0.05, 0) is 56.8 Å². The van der Waals surface area contributed by atoms with Gasteiger partial charge in [0.05, 0.1) is 0 Å². The van der Waals surface area contributed by atoms with Crippen molar-refractivity contribution in [3.63, 3.8) is 0 Å². The standard InChI is InChI=1S/C19H34/c1-14-10-8-9-13-19(17(4)16(14)3)18-12-7-5-6-11-15(18)2/h14-15,18-19H,5-13H2,1-4H3. The summed E-state index contributed by atoms with van der Waals surface area (Å²) in [6.07, 6.45) is 13.2. The largest absolute Gasteiger partial charge is 0.0713 e. The summed E-state index contributed by atoms with van der Waals surface area (Å²) in [6.45, 7) is 9.84. The number of allylic oxidation sites excluding steroid dienone is 2. The SMILES string of the molecule is CC1=C(C)C(C2CCCCCC2C)CCCCC1C. The summed E-state index contributed by atoms with van der Waals surface area (Å²) in [6, 6.07) is 0. The molecule has 0 aromatic rings. The van der Waals surface area contributed by atoms with Crippen molar-refractivity contribution in [1.82, 2.24) is 0 Å². The summed E-state index contributed by atoms with van der Waals surface area (Å²) in [5.41, 5.74) is 3.49. The van der Waals surface area contributed by atoms with E-state index in [4.69, 9.17) is 0 Å². The van der Waals surface area contributed by atoms with Crippen LogP contribution in [0, 0.1) is 23.7 Å². The van der Waals surface area contributed by atoms with Gasteiger partial charge in [0, 0.05) is 0 Å². The van der Waals surface area contributed by atoms with Crippen LogP contribution in [0.1, 0.15) is 85.5 Å². The third-order valence-corrected chi connectivity index (χ3v) is 6.26. The van der Waals surface area contributed by atoms with E-state index in [0.29, 0.717) is 0 Å². The van der Waals surface area contributed by atoms with Gasteiger partial charge < -0.3 is 0 Å². The Hall–Kier alpha value is -0.260. The molecular formula is C19H34. The van der Waals surface area contributed by atoms with Gasteiger partial charge in [0.1, 0.15) is 0 Å². The minimum Gasteiger partial charge on any atom is -0.0713 e. The molecule has 1 fully saturated rings. The van der Waals surface area contributed by atoms with Crippen molar-refractivity contribution in [1.29, 1.82) is 0 Å². The van der Waals surface area contributed by atoms with E-state index in [-0.39, 0.29) is 0 Å². The van der Waals surface area contributed by atoms with Gasteiger partial charge in [-0.15, -0.1) is 0 Å². The highest BCUT2D eigenvalue weighted by atomic mass is 14.4. The highest BCUT2D eigenvalue weighted by Crippen LogP contribution is 2.42. The summed E-state index contributed by atoms with van der Waals surface area (Å²) in [4.78, 5) is 0. The first-order valence-electron chi connectivity index (χ1n) is 8.78. The average molecular weight is 262 g/mol. The highest BCUT2D eigenvalue weighted by Gasteiger charge is 2.30. The zero-order chi connectivity index (χ0) is 13.8. The van der Waals surface area contributed by atoms with Crippen LogP contribution in [0.15, 0.2) is 11.1 Å². The maximum atomic E-state index is 2.53. The Morgan fingerprint density at radius 3 is 2.11 bits per heavy atom. The molecule has 0 heteroatoms. The number of hydrogen-bond acceptors (Lipinski definition) is 0. The molecule has 0 aliphatic heterocycles. The molecule has 0 aromatic carbocycles. The van der Waals surface area contributed by atoms with Crippen molar-refractivity contribution >= 4 is 0 Å². The van der Waals surface area contributed by atoms with Gasteiger partial charge in [0.25, 0.3) is 0 Å². The van der Waals surface area contributed by atoms with Crippen LogP contribution in [0.3, 0.4) is 0 Å². The van der Waals surface area contributed by atoms with E-state index in [2.05, 4.69) is 27.7 Å². The molecule has 4 unspecified atom stereocenters. The van der Waals surface area contributed by atoms with Crippen LogP contribution < -0.4 is 0 Å². The molecule has 0 aromatic heterocycles. The molecule has 0 N–H and O–H groups in total. The molecule has 0 spiro atoms. The van der Waals surface area contributed by atoms with E-state index < -0.39 is 0 Å². The third kappa shape index (κ3) is 3.64. The first-order valence-corrected chi connectivity index (χ1v) is 8.78. The van der Waals surface area contributed by atoms with Crippen molar-refractivity contribution in [3.8, 4) is 0 Å². The molecule has 19 heavy (non-hydrogen) atoms. The molecule has 2 aliphatic rings. The second kappa shape index (κ2) is 6.95. The highest BCUT2D eigenvalue weighted by molar-refractivity contribution is 5.17. The lowest BCUT2D eigenvalue weighted by molar-refractivity contribution is 0.231. The van der Waals surface area contributed by atoms with Gasteiger partial charge in [-0.1, -0.05) is 63.5 Å². The van der Waals surface area contributed by atoms with Crippen molar-refractivity contribution in [2.75, 3.05) is 0 Å². The second-order valence-corrected chi connectivity index (χ2v) is 7.44. The van der Waals surface area contributed by atoms with Gasteiger partial charge in [0.15, 0.2) is 0 Å². The topological polar surface area (TPSA) is 0 Å². The van der Waals surface area contributed by atoms with Crippen molar-refractivity contribution in [2.45, 2.75) is 85.5 Å². The molecule has 4 atom stereocenters. The maximum absolute atomic E-state index is 2.53. The van der Waals surface area contributed by atoms with Crippen LogP contribution in [0.5, 0.6) is 0 Å². The van der Waals surface area contributed by atoms with E-state index in [1.54, 1.807) is 11.1 Å². The monoisotopic (exact) mass is 262 g/mol. The minimum atomic E-state index is 0.823. The quantitative estimate of drug-likeness (QED) is 0.380. The normalized spacial score (nSPS) is 38.5. The van der Waals surface area contributed by atoms with Crippen molar-refractivity contribution < 1.29 is 0 Å². The summed E-state index contributed by atoms with van der Waals surface area (Å²) >= 11 is 0. The van der Waals surface area contributed by atoms with Crippen LogP contribution in [0.25, 0.3) is 0 Å². The van der Waals surface area contributed by atoms with Crippen LogP contribution in [0.2, 0.25) is 0 Å². The van der Waals surface area contributed by atoms with Crippen molar-refractivity contribution in [2.24, 2.45) is 23.7 Å². The van der Waals surface area contributed by atoms with Gasteiger partial charge >= 0.3 is 0 Å². The fourth-order valence-corrected chi connectivity index (χ4v) is 4.58. The number of rotatable bonds is 1. The van der Waals surface area contributed by atoms with Crippen molar-refractivity contribution in [3.05, 3.63) is 11.1 Å². The zero-order valence-corrected chi connectivity index (χ0v) is 13.7. The van der Waals surface area contributed by atoms with E-state index >= 15 is 0 Å². The van der Waals surface area contributed by atoms with E-state index in [1.807, 2.05) is 0 Å². The Bertz CT molecular complexity index is 312. The molecule has 0 nitrogen and oxygen atoms in total. The van der Waals surface area contributed by atoms with Gasteiger partial charge in [-0.2, -0.15) is 0 Å². The predicted molar refractivity (Wildman–Crippen MR) is 85.2 cm³/mol. The van der Waals surface area contributed by atoms with Crippen LogP contribution in [-0.4, -0.2) is 0 Å².